The summed E-state index contributed by atoms with van der Waals surface area (Å²) in [6.45, 7) is 1.35. The number of ketones is 1. The molecule has 1 aromatic rings. The van der Waals surface area contributed by atoms with Gasteiger partial charge in [0.05, 0.1) is 0 Å². The van der Waals surface area contributed by atoms with Crippen LogP contribution in [0.25, 0.3) is 6.08 Å². The van der Waals surface area contributed by atoms with Crippen LogP contribution in [0.4, 0.5) is 0 Å². The minimum atomic E-state index is -0.227. The topological polar surface area (TPSA) is 57.5 Å². The van der Waals surface area contributed by atoms with Crippen molar-refractivity contribution in [1.29, 1.82) is 0 Å². The maximum Gasteiger partial charge on any atom is 0.156 e. The van der Waals surface area contributed by atoms with Crippen LogP contribution in [0.1, 0.15) is 12.5 Å². The van der Waals surface area contributed by atoms with Gasteiger partial charge in [0.25, 0.3) is 0 Å². The number of aromatic hydroxyl groups is 1. The zero-order valence-electron chi connectivity index (χ0n) is 8.34. The van der Waals surface area contributed by atoms with E-state index in [0.29, 0.717) is 5.56 Å². The van der Waals surface area contributed by atoms with Crippen molar-refractivity contribution in [2.75, 3.05) is 0 Å². The molecule has 0 unspecified atom stereocenters. The van der Waals surface area contributed by atoms with Gasteiger partial charge in [0.2, 0.25) is 0 Å². The molecule has 15 heavy (non-hydrogen) atoms. The lowest BCUT2D eigenvalue weighted by Crippen LogP contribution is -1.84. The summed E-state index contributed by atoms with van der Waals surface area (Å²) in [5, 5.41) is 18.6. The number of aliphatic hydroxyl groups excluding tert-OH is 1. The molecule has 3 heteroatoms. The zero-order chi connectivity index (χ0) is 11.3. The summed E-state index contributed by atoms with van der Waals surface area (Å²) in [6, 6.07) is 6.72. The maximum atomic E-state index is 10.6. The van der Waals surface area contributed by atoms with E-state index in [1.54, 1.807) is 24.3 Å². The summed E-state index contributed by atoms with van der Waals surface area (Å²) in [6.07, 6.45) is 4.00. The van der Waals surface area contributed by atoms with Crippen LogP contribution < -0.4 is 0 Å². The lowest BCUT2D eigenvalue weighted by molar-refractivity contribution is -0.112. The third-order valence-electron chi connectivity index (χ3n) is 1.72. The molecule has 1 rings (SSSR count). The van der Waals surface area contributed by atoms with Gasteiger partial charge in [-0.15, -0.1) is 0 Å². The first-order chi connectivity index (χ1) is 7.09. The number of allylic oxidation sites excluding steroid dienone is 2. The molecule has 78 valence electrons. The largest absolute Gasteiger partial charge is 0.508 e. The van der Waals surface area contributed by atoms with Crippen LogP contribution in [-0.4, -0.2) is 16.0 Å². The number of para-hydroxylation sites is 1. The van der Waals surface area contributed by atoms with Gasteiger partial charge in [-0.05, 0) is 25.1 Å². The average Bonchev–Trinajstić information content (AvgIpc) is 2.15. The number of phenols is 1. The van der Waals surface area contributed by atoms with Crippen LogP contribution in [0, 0.1) is 0 Å². The van der Waals surface area contributed by atoms with Crippen LogP contribution in [-0.2, 0) is 4.79 Å². The summed E-state index contributed by atoms with van der Waals surface area (Å²) in [5.74, 6) is -0.232. The Hall–Kier alpha value is -2.03. The molecule has 0 amide bonds. The zero-order valence-corrected chi connectivity index (χ0v) is 8.34. The van der Waals surface area contributed by atoms with Gasteiger partial charge in [0.15, 0.2) is 5.78 Å². The minimum absolute atomic E-state index is 0.129. The molecule has 0 fully saturated rings. The lowest BCUT2D eigenvalue weighted by atomic mass is 10.2. The molecule has 0 bridgehead atoms. The molecule has 0 saturated heterocycles. The molecule has 3 nitrogen and oxygen atoms in total. The lowest BCUT2D eigenvalue weighted by Gasteiger charge is -1.96. The quantitative estimate of drug-likeness (QED) is 0.451. The highest BCUT2D eigenvalue weighted by Gasteiger charge is 1.94. The predicted molar refractivity (Wildman–Crippen MR) is 58.5 cm³/mol. The van der Waals surface area contributed by atoms with E-state index in [1.807, 2.05) is 0 Å². The van der Waals surface area contributed by atoms with Crippen molar-refractivity contribution in [1.82, 2.24) is 0 Å². The Morgan fingerprint density at radius 2 is 2.00 bits per heavy atom. The number of benzene rings is 1. The Labute approximate surface area is 88.0 Å². The Morgan fingerprint density at radius 3 is 2.60 bits per heavy atom. The van der Waals surface area contributed by atoms with Gasteiger partial charge in [-0.3, -0.25) is 4.79 Å². The molecule has 0 spiro atoms. The summed E-state index contributed by atoms with van der Waals surface area (Å²) >= 11 is 0. The molecule has 2 N–H and O–H groups in total. The number of phenolic OH excluding ortho intramolecular Hbond substituents is 1. The molecule has 0 saturated carbocycles. The van der Waals surface area contributed by atoms with E-state index < -0.39 is 0 Å². The molecule has 0 aliphatic carbocycles. The Morgan fingerprint density at radius 1 is 1.33 bits per heavy atom. The van der Waals surface area contributed by atoms with Gasteiger partial charge < -0.3 is 10.2 Å². The fraction of sp³-hybridized carbons (Fsp3) is 0.0833. The Kier molecular flexibility index (Phi) is 3.68. The minimum Gasteiger partial charge on any atom is -0.508 e. The molecular formula is C12H12O3. The molecular weight excluding hydrogens is 192 g/mol. The van der Waals surface area contributed by atoms with Gasteiger partial charge in [-0.2, -0.15) is 0 Å². The third-order valence-corrected chi connectivity index (χ3v) is 1.72. The second kappa shape index (κ2) is 5.00. The van der Waals surface area contributed by atoms with Crippen molar-refractivity contribution in [3.63, 3.8) is 0 Å². The van der Waals surface area contributed by atoms with Gasteiger partial charge in [-0.1, -0.05) is 18.2 Å². The van der Waals surface area contributed by atoms with E-state index >= 15 is 0 Å². The SMILES string of the molecule is CC(=O)/C=C(O)/C=C/c1ccccc1O. The molecule has 0 radical (unpaired) electrons. The normalized spacial score (nSPS) is 11.9. The monoisotopic (exact) mass is 204 g/mol. The molecule has 0 heterocycles. The highest BCUT2D eigenvalue weighted by molar-refractivity contribution is 5.88. The summed E-state index contributed by atoms with van der Waals surface area (Å²) < 4.78 is 0. The number of aliphatic hydroxyl groups is 1. The van der Waals surface area contributed by atoms with E-state index in [4.69, 9.17) is 0 Å². The van der Waals surface area contributed by atoms with Crippen LogP contribution in [0.2, 0.25) is 0 Å². The van der Waals surface area contributed by atoms with Crippen molar-refractivity contribution in [3.05, 3.63) is 47.7 Å². The van der Waals surface area contributed by atoms with Crippen molar-refractivity contribution in [2.45, 2.75) is 6.92 Å². The van der Waals surface area contributed by atoms with Gasteiger partial charge in [0, 0.05) is 11.6 Å². The molecule has 0 aliphatic heterocycles. The van der Waals surface area contributed by atoms with Crippen molar-refractivity contribution >= 4 is 11.9 Å². The van der Waals surface area contributed by atoms with E-state index in [-0.39, 0.29) is 17.3 Å². The number of carbonyl (C=O) groups is 1. The predicted octanol–water partition coefficient (Wildman–Crippen LogP) is 2.44. The molecule has 0 aromatic heterocycles. The van der Waals surface area contributed by atoms with Gasteiger partial charge >= 0.3 is 0 Å². The van der Waals surface area contributed by atoms with Gasteiger partial charge in [-0.25, -0.2) is 0 Å². The molecule has 0 atom stereocenters. The second-order valence-corrected chi connectivity index (χ2v) is 3.07. The molecule has 0 aliphatic rings. The van der Waals surface area contributed by atoms with Crippen LogP contribution >= 0.6 is 0 Å². The number of hydrogen-bond acceptors (Lipinski definition) is 3. The highest BCUT2D eigenvalue weighted by Crippen LogP contribution is 2.17. The van der Waals surface area contributed by atoms with E-state index in [0.717, 1.165) is 6.08 Å². The summed E-state index contributed by atoms with van der Waals surface area (Å²) in [7, 11) is 0. The summed E-state index contributed by atoms with van der Waals surface area (Å²) in [5.41, 5.74) is 0.584. The fourth-order valence-corrected chi connectivity index (χ4v) is 1.06. The maximum absolute atomic E-state index is 10.6. The first-order valence-corrected chi connectivity index (χ1v) is 4.47. The first-order valence-electron chi connectivity index (χ1n) is 4.47. The Bertz CT molecular complexity index is 417. The molecule has 1 aromatic carbocycles. The highest BCUT2D eigenvalue weighted by atomic mass is 16.3. The van der Waals surface area contributed by atoms with Crippen LogP contribution in [0.3, 0.4) is 0 Å². The second-order valence-electron chi connectivity index (χ2n) is 3.07. The van der Waals surface area contributed by atoms with Crippen molar-refractivity contribution < 1.29 is 15.0 Å². The third kappa shape index (κ3) is 3.68. The van der Waals surface area contributed by atoms with Crippen LogP contribution in [0.15, 0.2) is 42.2 Å². The van der Waals surface area contributed by atoms with Crippen molar-refractivity contribution in [2.24, 2.45) is 0 Å². The van der Waals surface area contributed by atoms with Crippen LogP contribution in [0.5, 0.6) is 5.75 Å². The fourth-order valence-electron chi connectivity index (χ4n) is 1.06. The number of hydrogen-bond donors (Lipinski definition) is 2. The van der Waals surface area contributed by atoms with Crippen molar-refractivity contribution in [3.8, 4) is 5.75 Å². The smallest absolute Gasteiger partial charge is 0.156 e. The number of carbonyl (C=O) groups excluding carboxylic acids is 1. The average molecular weight is 204 g/mol. The Balaban J connectivity index is 2.83. The van der Waals surface area contributed by atoms with E-state index in [9.17, 15) is 15.0 Å². The van der Waals surface area contributed by atoms with E-state index in [2.05, 4.69) is 0 Å². The first kappa shape index (κ1) is 11.0. The summed E-state index contributed by atoms with van der Waals surface area (Å²) in [4.78, 5) is 10.6. The van der Waals surface area contributed by atoms with E-state index in [1.165, 1.54) is 19.1 Å². The van der Waals surface area contributed by atoms with Gasteiger partial charge in [0.1, 0.15) is 11.5 Å². The number of rotatable bonds is 3. The standard InChI is InChI=1S/C12H12O3/c1-9(13)8-11(14)7-6-10-4-2-3-5-12(10)15/h2-8,14-15H,1H3/b7-6+,11-8-.